The molecule has 1 amide bonds. The lowest BCUT2D eigenvalue weighted by molar-refractivity contribution is -0.143. The van der Waals surface area contributed by atoms with Gasteiger partial charge in [0, 0.05) is 12.8 Å². The second kappa shape index (κ2) is 73.3. The van der Waals surface area contributed by atoms with Crippen molar-refractivity contribution in [2.45, 2.75) is 469 Å². The zero-order valence-electron chi connectivity index (χ0n) is 57.0. The molecule has 0 fully saturated rings. The summed E-state index contributed by atoms with van der Waals surface area (Å²) in [5.41, 5.74) is 0. The first kappa shape index (κ1) is 81.9. The Labute approximate surface area is 521 Å². The average Bonchev–Trinajstić information content (AvgIpc) is 3.49. The fraction of sp³-hybridized carbons (Fsp3) is 0.974. The van der Waals surface area contributed by atoms with Crippen LogP contribution in [0.15, 0.2) is 0 Å². The average molecular weight is 1170 g/mol. The second-order valence-corrected chi connectivity index (χ2v) is 27.1. The van der Waals surface area contributed by atoms with E-state index in [-0.39, 0.29) is 18.5 Å². The molecule has 0 aliphatic heterocycles. The second-order valence-electron chi connectivity index (χ2n) is 27.1. The quantitative estimate of drug-likeness (QED) is 0.0417. The van der Waals surface area contributed by atoms with Crippen LogP contribution in [0, 0.1) is 0 Å². The number of hydrogen-bond acceptors (Lipinski definition) is 5. The molecule has 3 N–H and O–H groups in total. The standard InChI is InChI=1S/C77H153NO5/c1-3-5-7-9-11-13-15-17-19-21-23-24-28-31-34-37-41-45-49-53-57-61-65-69-75(80)74(73-79)78-76(81)70-66-62-58-54-50-46-42-38-35-32-29-26-25-27-30-33-36-40-44-48-52-56-60-64-68-72-83-77(82)71-67-63-59-55-51-47-43-39-22-20-18-16-14-12-10-8-6-4-2/h74-75,79-80H,3-73H2,1-2H3,(H,78,81). The molecule has 6 nitrogen and oxygen atoms in total. The minimum atomic E-state index is -0.664. The lowest BCUT2D eigenvalue weighted by Crippen LogP contribution is -2.45. The van der Waals surface area contributed by atoms with E-state index in [2.05, 4.69) is 19.2 Å². The number of aliphatic hydroxyl groups excluding tert-OH is 2. The Bertz CT molecular complexity index is 1210. The predicted molar refractivity (Wildman–Crippen MR) is 366 cm³/mol. The van der Waals surface area contributed by atoms with Crippen molar-refractivity contribution in [2.24, 2.45) is 0 Å². The van der Waals surface area contributed by atoms with Gasteiger partial charge >= 0.3 is 5.97 Å². The molecule has 0 heterocycles. The molecule has 0 saturated carbocycles. The van der Waals surface area contributed by atoms with E-state index in [1.54, 1.807) is 0 Å². The molecule has 0 saturated heterocycles. The number of carbonyl (C=O) groups is 2. The Kier molecular flexibility index (Phi) is 72.3. The van der Waals surface area contributed by atoms with Crippen LogP contribution >= 0.6 is 0 Å². The van der Waals surface area contributed by atoms with Gasteiger partial charge in [-0.25, -0.2) is 0 Å². The Morgan fingerprint density at radius 1 is 0.289 bits per heavy atom. The van der Waals surface area contributed by atoms with Gasteiger partial charge in [0.25, 0.3) is 0 Å². The van der Waals surface area contributed by atoms with Gasteiger partial charge in [-0.2, -0.15) is 0 Å². The van der Waals surface area contributed by atoms with Crippen molar-refractivity contribution in [2.75, 3.05) is 13.2 Å². The van der Waals surface area contributed by atoms with E-state index < -0.39 is 12.1 Å². The molecule has 496 valence electrons. The summed E-state index contributed by atoms with van der Waals surface area (Å²) in [6.07, 6.45) is 90.4. The highest BCUT2D eigenvalue weighted by Gasteiger charge is 2.20. The van der Waals surface area contributed by atoms with Crippen molar-refractivity contribution in [3.63, 3.8) is 0 Å². The molecule has 2 unspecified atom stereocenters. The molecular weight excluding hydrogens is 1020 g/mol. The largest absolute Gasteiger partial charge is 0.466 e. The zero-order chi connectivity index (χ0) is 59.9. The maximum absolute atomic E-state index is 12.6. The van der Waals surface area contributed by atoms with E-state index in [1.807, 2.05) is 0 Å². The zero-order valence-corrected chi connectivity index (χ0v) is 57.0. The molecule has 0 aromatic carbocycles. The van der Waals surface area contributed by atoms with Gasteiger partial charge in [0.15, 0.2) is 0 Å². The highest BCUT2D eigenvalue weighted by molar-refractivity contribution is 5.76. The van der Waals surface area contributed by atoms with E-state index in [0.29, 0.717) is 25.9 Å². The third kappa shape index (κ3) is 69.8. The summed E-state index contributed by atoms with van der Waals surface area (Å²) in [7, 11) is 0. The lowest BCUT2D eigenvalue weighted by Gasteiger charge is -2.22. The third-order valence-corrected chi connectivity index (χ3v) is 18.7. The van der Waals surface area contributed by atoms with Crippen molar-refractivity contribution in [1.29, 1.82) is 0 Å². The fourth-order valence-electron chi connectivity index (χ4n) is 12.8. The minimum absolute atomic E-state index is 0.0226. The van der Waals surface area contributed by atoms with Crippen molar-refractivity contribution in [1.82, 2.24) is 5.32 Å². The molecule has 0 radical (unpaired) electrons. The third-order valence-electron chi connectivity index (χ3n) is 18.7. The Morgan fingerprint density at radius 3 is 0.735 bits per heavy atom. The highest BCUT2D eigenvalue weighted by atomic mass is 16.5. The SMILES string of the molecule is CCCCCCCCCCCCCCCCCCCCCCCCCC(O)C(CO)NC(=O)CCCCCCCCCCCCCCCCCCCCCCCCCCCOC(=O)CCCCCCCCCCCCCCCCCCCC. The summed E-state index contributed by atoms with van der Waals surface area (Å²) in [5.74, 6) is -0.00423. The van der Waals surface area contributed by atoms with Crippen LogP contribution in [0.4, 0.5) is 0 Å². The number of amides is 1. The number of esters is 1. The van der Waals surface area contributed by atoms with Gasteiger partial charge in [-0.05, 0) is 25.7 Å². The van der Waals surface area contributed by atoms with Crippen LogP contribution in [-0.4, -0.2) is 47.4 Å². The maximum atomic E-state index is 12.6. The van der Waals surface area contributed by atoms with Crippen molar-refractivity contribution >= 4 is 11.9 Å². The van der Waals surface area contributed by atoms with Crippen LogP contribution in [0.2, 0.25) is 0 Å². The van der Waals surface area contributed by atoms with Crippen LogP contribution in [0.3, 0.4) is 0 Å². The number of aliphatic hydroxyl groups is 2. The summed E-state index contributed by atoms with van der Waals surface area (Å²) >= 11 is 0. The Balaban J connectivity index is 3.34. The van der Waals surface area contributed by atoms with Gasteiger partial charge in [0.2, 0.25) is 5.91 Å². The Morgan fingerprint density at radius 2 is 0.494 bits per heavy atom. The maximum Gasteiger partial charge on any atom is 0.305 e. The van der Waals surface area contributed by atoms with E-state index in [1.165, 1.54) is 385 Å². The van der Waals surface area contributed by atoms with E-state index >= 15 is 0 Å². The van der Waals surface area contributed by atoms with Crippen LogP contribution in [-0.2, 0) is 14.3 Å². The first-order valence-corrected chi connectivity index (χ1v) is 38.8. The molecular formula is C77H153NO5. The van der Waals surface area contributed by atoms with E-state index in [0.717, 1.165) is 38.5 Å². The molecule has 0 rings (SSSR count). The van der Waals surface area contributed by atoms with Crippen LogP contribution in [0.1, 0.15) is 457 Å². The molecule has 0 spiro atoms. The molecule has 0 aliphatic rings. The van der Waals surface area contributed by atoms with Gasteiger partial charge < -0.3 is 20.3 Å². The number of unbranched alkanes of at least 4 members (excludes halogenated alkanes) is 63. The monoisotopic (exact) mass is 1170 g/mol. The summed E-state index contributed by atoms with van der Waals surface area (Å²) < 4.78 is 5.52. The summed E-state index contributed by atoms with van der Waals surface area (Å²) in [6.45, 7) is 5.02. The number of hydrogen-bond donors (Lipinski definition) is 3. The Hall–Kier alpha value is -1.14. The number of nitrogens with one attached hydrogen (secondary N) is 1. The highest BCUT2D eigenvalue weighted by Crippen LogP contribution is 2.20. The predicted octanol–water partition coefficient (Wildman–Crippen LogP) is 25.3. The van der Waals surface area contributed by atoms with Gasteiger partial charge in [-0.15, -0.1) is 0 Å². The lowest BCUT2D eigenvalue weighted by atomic mass is 10.0. The molecule has 0 aliphatic carbocycles. The smallest absolute Gasteiger partial charge is 0.305 e. The van der Waals surface area contributed by atoms with E-state index in [9.17, 15) is 19.8 Å². The topological polar surface area (TPSA) is 95.9 Å². The molecule has 2 atom stereocenters. The van der Waals surface area contributed by atoms with Gasteiger partial charge in [-0.1, -0.05) is 418 Å². The van der Waals surface area contributed by atoms with Gasteiger partial charge in [-0.3, -0.25) is 9.59 Å². The minimum Gasteiger partial charge on any atom is -0.466 e. The van der Waals surface area contributed by atoms with Crippen LogP contribution < -0.4 is 5.32 Å². The first-order valence-electron chi connectivity index (χ1n) is 38.8. The number of rotatable bonds is 74. The van der Waals surface area contributed by atoms with Gasteiger partial charge in [0.05, 0.1) is 25.4 Å². The summed E-state index contributed by atoms with van der Waals surface area (Å²) in [6, 6.07) is -0.540. The van der Waals surface area contributed by atoms with Gasteiger partial charge in [0.1, 0.15) is 0 Å². The molecule has 0 aromatic rings. The number of ether oxygens (including phenoxy) is 1. The normalized spacial score (nSPS) is 12.4. The summed E-state index contributed by atoms with van der Waals surface area (Å²) in [4.78, 5) is 24.7. The fourth-order valence-corrected chi connectivity index (χ4v) is 12.8. The molecule has 83 heavy (non-hydrogen) atoms. The first-order chi connectivity index (χ1) is 41.0. The summed E-state index contributed by atoms with van der Waals surface area (Å²) in [5, 5.41) is 23.5. The number of carbonyl (C=O) groups excluding carboxylic acids is 2. The van der Waals surface area contributed by atoms with Crippen molar-refractivity contribution in [3.05, 3.63) is 0 Å². The van der Waals surface area contributed by atoms with Crippen LogP contribution in [0.5, 0.6) is 0 Å². The molecule has 6 heteroatoms. The van der Waals surface area contributed by atoms with Crippen molar-refractivity contribution < 1.29 is 24.5 Å². The van der Waals surface area contributed by atoms with Crippen molar-refractivity contribution in [3.8, 4) is 0 Å². The molecule has 0 aromatic heterocycles. The van der Waals surface area contributed by atoms with E-state index in [4.69, 9.17) is 4.74 Å². The van der Waals surface area contributed by atoms with Crippen LogP contribution in [0.25, 0.3) is 0 Å². The molecule has 0 bridgehead atoms.